The van der Waals surface area contributed by atoms with E-state index in [4.69, 9.17) is 5.26 Å². The van der Waals surface area contributed by atoms with E-state index in [0.717, 1.165) is 26.1 Å². The van der Waals surface area contributed by atoms with Crippen molar-refractivity contribution in [3.8, 4) is 34.3 Å². The summed E-state index contributed by atoms with van der Waals surface area (Å²) < 4.78 is 7.08. The molecule has 0 fully saturated rings. The molecule has 0 unspecified atom stereocenters. The number of hydrogen-bond donors (Lipinski definition) is 1. The van der Waals surface area contributed by atoms with E-state index in [1.807, 2.05) is 49.4 Å². The quantitative estimate of drug-likeness (QED) is 0.146. The number of Topliss-reactive ketones (excluding diaryl/α,β-unsaturated/α-hetero) is 1. The highest BCUT2D eigenvalue weighted by Crippen LogP contribution is 2.31. The average Bonchev–Trinajstić information content (AvgIpc) is 3.68. The maximum atomic E-state index is 13.8. The molecule has 0 atom stereocenters. The molecule has 1 N–H and O–H groups in total. The molecule has 0 aliphatic heterocycles. The summed E-state index contributed by atoms with van der Waals surface area (Å²) in [5, 5.41) is 24.5. The molecule has 6 rings (SSSR count). The third-order valence-corrected chi connectivity index (χ3v) is 8.34. The Morgan fingerprint density at radius 3 is 2.47 bits per heavy atom. The zero-order valence-electron chi connectivity index (χ0n) is 22.7. The Bertz CT molecular complexity index is 2090. The van der Waals surface area contributed by atoms with Gasteiger partial charge in [-0.1, -0.05) is 67.6 Å². The summed E-state index contributed by atoms with van der Waals surface area (Å²) in [6, 6.07) is 22.5. The van der Waals surface area contributed by atoms with Gasteiger partial charge in [-0.15, -0.1) is 11.3 Å². The number of thiophene rings is 1. The van der Waals surface area contributed by atoms with E-state index < -0.39 is 29.7 Å². The zero-order chi connectivity index (χ0) is 30.1. The Kier molecular flexibility index (Phi) is 7.45. The number of carbonyl (C=O) groups excluding carboxylic acids is 1. The van der Waals surface area contributed by atoms with Gasteiger partial charge in [-0.2, -0.15) is 5.16 Å². The number of aromatic nitrogens is 4. The second-order valence-corrected chi connectivity index (χ2v) is 10.8. The lowest BCUT2D eigenvalue weighted by molar-refractivity contribution is -0.303. The Labute approximate surface area is 247 Å². The summed E-state index contributed by atoms with van der Waals surface area (Å²) in [5.74, 6) is -0.228. The number of hydrogen-bond acceptors (Lipinski definition) is 10. The van der Waals surface area contributed by atoms with Crippen molar-refractivity contribution in [2.75, 3.05) is 0 Å². The van der Waals surface area contributed by atoms with Crippen molar-refractivity contribution < 1.29 is 24.6 Å². The van der Waals surface area contributed by atoms with Crippen LogP contribution in [0.25, 0.3) is 32.7 Å². The second kappa shape index (κ2) is 11.5. The predicted molar refractivity (Wildman–Crippen MR) is 157 cm³/mol. The van der Waals surface area contributed by atoms with Gasteiger partial charge >= 0.3 is 5.69 Å². The van der Waals surface area contributed by atoms with Crippen LogP contribution >= 0.6 is 11.3 Å². The maximum Gasteiger partial charge on any atom is 0.332 e. The van der Waals surface area contributed by atoms with Gasteiger partial charge in [0, 0.05) is 16.0 Å². The Morgan fingerprint density at radius 2 is 1.77 bits per heavy atom. The van der Waals surface area contributed by atoms with Gasteiger partial charge in [0.25, 0.3) is 5.56 Å². The van der Waals surface area contributed by atoms with E-state index >= 15 is 0 Å². The highest BCUT2D eigenvalue weighted by molar-refractivity contribution is 7.18. The normalized spacial score (nSPS) is 11.2. The molecule has 216 valence electrons. The lowest BCUT2D eigenvalue weighted by atomic mass is 9.98. The van der Waals surface area contributed by atoms with Gasteiger partial charge < -0.3 is 14.5 Å². The van der Waals surface area contributed by atoms with Gasteiger partial charge in [0.05, 0.1) is 18.5 Å². The van der Waals surface area contributed by atoms with E-state index in [9.17, 15) is 19.5 Å². The maximum absolute atomic E-state index is 13.8. The van der Waals surface area contributed by atoms with Crippen molar-refractivity contribution in [1.29, 1.82) is 0 Å². The monoisotopic (exact) mass is 595 g/mol. The summed E-state index contributed by atoms with van der Waals surface area (Å²) in [5.41, 5.74) is 2.10. The van der Waals surface area contributed by atoms with Gasteiger partial charge in [-0.05, 0) is 41.3 Å². The summed E-state index contributed by atoms with van der Waals surface area (Å²) in [6.07, 6.45) is -0.0882. The van der Waals surface area contributed by atoms with E-state index in [2.05, 4.69) is 19.6 Å². The third-order valence-electron chi connectivity index (χ3n) is 7.04. The molecule has 0 aliphatic rings. The third kappa shape index (κ3) is 5.36. The summed E-state index contributed by atoms with van der Waals surface area (Å²) in [6.45, 7) is 1.65. The average molecular weight is 596 g/mol. The summed E-state index contributed by atoms with van der Waals surface area (Å²) in [7, 11) is 0. The predicted octanol–water partition coefficient (Wildman–Crippen LogP) is 4.36. The Balaban J connectivity index is 1.37. The van der Waals surface area contributed by atoms with Crippen molar-refractivity contribution in [1.82, 2.24) is 19.3 Å². The first kappa shape index (κ1) is 27.8. The van der Waals surface area contributed by atoms with E-state index in [0.29, 0.717) is 22.2 Å². The van der Waals surface area contributed by atoms with Gasteiger partial charge in [0.15, 0.2) is 23.4 Å². The van der Waals surface area contributed by atoms with Gasteiger partial charge in [0.1, 0.15) is 4.83 Å². The fourth-order valence-electron chi connectivity index (χ4n) is 4.89. The second-order valence-electron chi connectivity index (χ2n) is 9.71. The first-order chi connectivity index (χ1) is 20.9. The molecule has 3 heterocycles. The molecule has 0 saturated carbocycles. The van der Waals surface area contributed by atoms with Crippen molar-refractivity contribution >= 4 is 27.3 Å². The lowest BCUT2D eigenvalue weighted by Gasteiger charge is -2.13. The highest BCUT2D eigenvalue weighted by atomic mass is 32.1. The van der Waals surface area contributed by atoms with E-state index in [-0.39, 0.29) is 23.7 Å². The minimum atomic E-state index is -0.771. The highest BCUT2D eigenvalue weighted by Gasteiger charge is 2.19. The molecular weight excluding hydrogens is 572 g/mol. The van der Waals surface area contributed by atoms with Crippen LogP contribution in [0, 0.1) is 0 Å². The largest absolute Gasteiger partial charge is 0.528 e. The van der Waals surface area contributed by atoms with Crippen LogP contribution in [0.3, 0.4) is 0 Å². The summed E-state index contributed by atoms with van der Waals surface area (Å²) in [4.78, 5) is 49.8. The van der Waals surface area contributed by atoms with Crippen LogP contribution in [-0.2, 0) is 19.5 Å². The molecule has 0 saturated heterocycles. The molecule has 0 amide bonds. The topological polar surface area (TPSA) is 153 Å². The smallest absolute Gasteiger partial charge is 0.332 e. The number of ketones is 1. The van der Waals surface area contributed by atoms with Crippen LogP contribution in [0.4, 0.5) is 0 Å². The lowest BCUT2D eigenvalue weighted by Crippen LogP contribution is -2.41. The van der Waals surface area contributed by atoms with Crippen LogP contribution in [-0.4, -0.2) is 30.3 Å². The molecule has 12 heteroatoms. The van der Waals surface area contributed by atoms with Crippen molar-refractivity contribution in [2.24, 2.45) is 0 Å². The summed E-state index contributed by atoms with van der Waals surface area (Å²) >= 11 is 1.37. The molecule has 6 aromatic rings. The zero-order valence-corrected chi connectivity index (χ0v) is 23.5. The van der Waals surface area contributed by atoms with E-state index in [1.54, 1.807) is 12.1 Å². The van der Waals surface area contributed by atoms with Crippen LogP contribution in [0.15, 0.2) is 93.0 Å². The molecule has 3 aromatic heterocycles. The fourth-order valence-corrected chi connectivity index (χ4v) is 5.96. The standard InChI is InChI=1S/C31H24N4O7S/c1-2-22-15-25-28(37)34(17-26(36)20-6-5-7-21(14-20)42-40)31(39)35(29(25)43-22)16-18-10-12-19(13-11-18)23-8-3-4-9-24(23)27-32-30(38)41-33-27/h3-15,40H,2,16-17H2,1H3,(H,32,33,38)/p-1. The van der Waals surface area contributed by atoms with Gasteiger partial charge in [-0.3, -0.25) is 18.7 Å². The number of nitrogens with zero attached hydrogens (tertiary/aromatic N) is 4. The van der Waals surface area contributed by atoms with Crippen molar-refractivity contribution in [3.05, 3.63) is 116 Å². The first-order valence-corrected chi connectivity index (χ1v) is 14.1. The number of aryl methyl sites for hydroxylation is 1. The molecule has 43 heavy (non-hydrogen) atoms. The number of fused-ring (bicyclic) bond motifs is 1. The van der Waals surface area contributed by atoms with Crippen LogP contribution < -0.4 is 21.2 Å². The van der Waals surface area contributed by atoms with Crippen molar-refractivity contribution in [2.45, 2.75) is 26.4 Å². The number of rotatable bonds is 9. The first-order valence-electron chi connectivity index (χ1n) is 13.3. The Hall–Kier alpha value is -5.33. The molecule has 3 aromatic carbocycles. The molecule has 0 radical (unpaired) electrons. The van der Waals surface area contributed by atoms with Crippen LogP contribution in [0.1, 0.15) is 27.7 Å². The Morgan fingerprint density at radius 1 is 1.00 bits per heavy atom. The molecule has 0 spiro atoms. The number of benzene rings is 3. The minimum absolute atomic E-state index is 0.0648. The van der Waals surface area contributed by atoms with E-state index in [1.165, 1.54) is 40.2 Å². The van der Waals surface area contributed by atoms with Crippen LogP contribution in [0.2, 0.25) is 0 Å². The minimum Gasteiger partial charge on any atom is -0.528 e. The molecular formula is C31H23N4O7S-. The van der Waals surface area contributed by atoms with Gasteiger partial charge in [0.2, 0.25) is 0 Å². The molecule has 0 bridgehead atoms. The SMILES string of the molecule is CCc1cc2c(=O)n(CC(=O)c3cccc(OO)c3)c(=O)n(Cc3ccc(-c4ccccc4-c4noc([O-])n4)cc3)c2s1. The fraction of sp³-hybridized carbons (Fsp3) is 0.129. The molecule has 0 aliphatic carbocycles. The van der Waals surface area contributed by atoms with Crippen molar-refractivity contribution in [3.63, 3.8) is 0 Å². The van der Waals surface area contributed by atoms with Gasteiger partial charge in [-0.25, -0.2) is 15.0 Å². The molecule has 11 nitrogen and oxygen atoms in total. The van der Waals surface area contributed by atoms with Crippen LogP contribution in [0.5, 0.6) is 11.8 Å². The number of carbonyl (C=O) groups is 1.